The van der Waals surface area contributed by atoms with Gasteiger partial charge in [0.15, 0.2) is 0 Å². The van der Waals surface area contributed by atoms with E-state index in [4.69, 9.17) is 0 Å². The second kappa shape index (κ2) is 11.5. The fourth-order valence-electron chi connectivity index (χ4n) is 3.16. The third kappa shape index (κ3) is 6.32. The number of carbonyl (C=O) groups excluding carboxylic acids is 1. The molecule has 0 atom stereocenters. The summed E-state index contributed by atoms with van der Waals surface area (Å²) in [6.45, 7) is 4.84. The molecule has 3 aromatic rings. The molecule has 1 heterocycles. The normalized spacial score (nSPS) is 10.0. The molecule has 0 aliphatic heterocycles. The molecule has 1 amide bonds. The van der Waals surface area contributed by atoms with Gasteiger partial charge in [-0.1, -0.05) is 31.0 Å². The van der Waals surface area contributed by atoms with Crippen LogP contribution in [-0.4, -0.2) is 35.6 Å². The van der Waals surface area contributed by atoms with Crippen LogP contribution in [0.5, 0.6) is 0 Å². The van der Waals surface area contributed by atoms with E-state index in [2.05, 4.69) is 17.2 Å². The Balaban J connectivity index is 0.00000240. The van der Waals surface area contributed by atoms with Gasteiger partial charge in [0.05, 0.1) is 11.1 Å². The number of anilines is 2. The Morgan fingerprint density at radius 2 is 1.84 bits per heavy atom. The number of carbonyl (C=O) groups is 2. The van der Waals surface area contributed by atoms with E-state index in [1.807, 2.05) is 31.0 Å². The summed E-state index contributed by atoms with van der Waals surface area (Å²) < 4.78 is 0. The minimum Gasteiger partial charge on any atom is -0.478 e. The standard InChI is InChI=1S/C23H25N3O3.2ClH/c1-4-5-11-26(3)21-14-19(23(28)29)18-13-17(9-10-20(18)25-21)24-22(27)16-8-6-7-15(2)12-16;;/h6-10,12-14H,4-5,11H2,1-3H3,(H,24,27)(H,28,29);2*1H. The molecule has 1 aromatic heterocycles. The quantitative estimate of drug-likeness (QED) is 0.478. The highest BCUT2D eigenvalue weighted by Crippen LogP contribution is 2.26. The average molecular weight is 464 g/mol. The van der Waals surface area contributed by atoms with Crippen LogP contribution in [0.1, 0.15) is 46.0 Å². The Labute approximate surface area is 194 Å². The van der Waals surface area contributed by atoms with Crippen LogP contribution in [0.15, 0.2) is 48.5 Å². The number of rotatable bonds is 7. The topological polar surface area (TPSA) is 82.5 Å². The predicted molar refractivity (Wildman–Crippen MR) is 131 cm³/mol. The van der Waals surface area contributed by atoms with E-state index < -0.39 is 5.97 Å². The number of aromatic carboxylic acids is 1. The van der Waals surface area contributed by atoms with Gasteiger partial charge in [-0.25, -0.2) is 9.78 Å². The van der Waals surface area contributed by atoms with Crippen molar-refractivity contribution in [1.82, 2.24) is 4.98 Å². The van der Waals surface area contributed by atoms with Crippen LogP contribution in [0.25, 0.3) is 10.9 Å². The van der Waals surface area contributed by atoms with Gasteiger partial charge in [0.2, 0.25) is 0 Å². The Kier molecular flexibility index (Phi) is 9.75. The van der Waals surface area contributed by atoms with E-state index in [1.54, 1.807) is 36.4 Å². The lowest BCUT2D eigenvalue weighted by atomic mass is 10.1. The van der Waals surface area contributed by atoms with Crippen molar-refractivity contribution in [2.45, 2.75) is 26.7 Å². The van der Waals surface area contributed by atoms with Gasteiger partial charge in [-0.2, -0.15) is 0 Å². The van der Waals surface area contributed by atoms with Gasteiger partial charge in [0.25, 0.3) is 5.91 Å². The first-order chi connectivity index (χ1) is 13.9. The molecule has 0 unspecified atom stereocenters. The van der Waals surface area contributed by atoms with E-state index in [0.29, 0.717) is 28.0 Å². The first-order valence-electron chi connectivity index (χ1n) is 9.66. The minimum atomic E-state index is -1.02. The van der Waals surface area contributed by atoms with Gasteiger partial charge in [0.1, 0.15) is 5.82 Å². The number of nitrogens with zero attached hydrogens (tertiary/aromatic N) is 2. The second-order valence-corrected chi connectivity index (χ2v) is 7.16. The molecule has 6 nitrogen and oxygen atoms in total. The zero-order valence-corrected chi connectivity index (χ0v) is 19.3. The zero-order valence-electron chi connectivity index (χ0n) is 17.7. The molecular formula is C23H27Cl2N3O3. The molecule has 166 valence electrons. The predicted octanol–water partition coefficient (Wildman–Crippen LogP) is 5.57. The minimum absolute atomic E-state index is 0. The Morgan fingerprint density at radius 3 is 2.48 bits per heavy atom. The molecule has 0 fully saturated rings. The lowest BCUT2D eigenvalue weighted by Crippen LogP contribution is -2.20. The summed E-state index contributed by atoms with van der Waals surface area (Å²) in [4.78, 5) is 30.9. The highest BCUT2D eigenvalue weighted by atomic mass is 35.5. The van der Waals surface area contributed by atoms with E-state index in [1.165, 1.54) is 0 Å². The molecule has 0 spiro atoms. The molecule has 3 rings (SSSR count). The number of hydrogen-bond acceptors (Lipinski definition) is 4. The van der Waals surface area contributed by atoms with Crippen molar-refractivity contribution in [2.75, 3.05) is 23.8 Å². The van der Waals surface area contributed by atoms with Crippen molar-refractivity contribution >= 4 is 59.1 Å². The van der Waals surface area contributed by atoms with Gasteiger partial charge < -0.3 is 15.3 Å². The fraction of sp³-hybridized carbons (Fsp3) is 0.261. The number of aromatic nitrogens is 1. The number of aryl methyl sites for hydroxylation is 1. The molecule has 0 saturated carbocycles. The number of halogens is 2. The number of benzene rings is 2. The zero-order chi connectivity index (χ0) is 21.0. The largest absolute Gasteiger partial charge is 0.478 e. The van der Waals surface area contributed by atoms with Gasteiger partial charge in [0, 0.05) is 30.2 Å². The van der Waals surface area contributed by atoms with Crippen LogP contribution < -0.4 is 10.2 Å². The van der Waals surface area contributed by atoms with Crippen molar-refractivity contribution in [2.24, 2.45) is 0 Å². The first kappa shape index (κ1) is 26.2. The maximum atomic E-state index is 12.5. The third-order valence-electron chi connectivity index (χ3n) is 4.80. The fourth-order valence-corrected chi connectivity index (χ4v) is 3.16. The summed E-state index contributed by atoms with van der Waals surface area (Å²) in [6.07, 6.45) is 2.05. The summed E-state index contributed by atoms with van der Waals surface area (Å²) in [7, 11) is 1.91. The van der Waals surface area contributed by atoms with E-state index in [0.717, 1.165) is 24.9 Å². The summed E-state index contributed by atoms with van der Waals surface area (Å²) >= 11 is 0. The van der Waals surface area contributed by atoms with E-state index >= 15 is 0 Å². The van der Waals surface area contributed by atoms with Crippen molar-refractivity contribution in [3.05, 3.63) is 65.2 Å². The van der Waals surface area contributed by atoms with Crippen LogP contribution in [-0.2, 0) is 0 Å². The average Bonchev–Trinajstić information content (AvgIpc) is 2.71. The second-order valence-electron chi connectivity index (χ2n) is 7.16. The van der Waals surface area contributed by atoms with Crippen LogP contribution >= 0.6 is 24.8 Å². The highest BCUT2D eigenvalue weighted by molar-refractivity contribution is 6.08. The van der Waals surface area contributed by atoms with Crippen LogP contribution in [0.3, 0.4) is 0 Å². The molecule has 2 aromatic carbocycles. The number of hydrogen-bond donors (Lipinski definition) is 2. The summed E-state index contributed by atoms with van der Waals surface area (Å²) in [5.74, 6) is -0.640. The molecular weight excluding hydrogens is 437 g/mol. The monoisotopic (exact) mass is 463 g/mol. The molecule has 31 heavy (non-hydrogen) atoms. The summed E-state index contributed by atoms with van der Waals surface area (Å²) in [5, 5.41) is 13.0. The lowest BCUT2D eigenvalue weighted by Gasteiger charge is -2.19. The SMILES string of the molecule is CCCCN(C)c1cc(C(=O)O)c2cc(NC(=O)c3cccc(C)c3)ccc2n1.Cl.Cl. The first-order valence-corrected chi connectivity index (χ1v) is 9.66. The van der Waals surface area contributed by atoms with Crippen LogP contribution in [0.4, 0.5) is 11.5 Å². The van der Waals surface area contributed by atoms with Crippen molar-refractivity contribution in [3.63, 3.8) is 0 Å². The maximum Gasteiger partial charge on any atom is 0.336 e. The molecule has 2 N–H and O–H groups in total. The molecule has 0 aliphatic rings. The molecule has 0 saturated heterocycles. The van der Waals surface area contributed by atoms with Crippen molar-refractivity contribution < 1.29 is 14.7 Å². The number of carboxylic acids is 1. The number of pyridine rings is 1. The Bertz CT molecular complexity index is 1070. The van der Waals surface area contributed by atoms with E-state index in [9.17, 15) is 14.7 Å². The number of amides is 1. The number of nitrogens with one attached hydrogen (secondary N) is 1. The molecule has 0 radical (unpaired) electrons. The van der Waals surface area contributed by atoms with E-state index in [-0.39, 0.29) is 36.3 Å². The molecule has 0 aliphatic carbocycles. The number of fused-ring (bicyclic) bond motifs is 1. The van der Waals surface area contributed by atoms with Crippen LogP contribution in [0.2, 0.25) is 0 Å². The number of carboxylic acid groups (broad SMARTS) is 1. The van der Waals surface area contributed by atoms with Gasteiger partial charge in [-0.05, 0) is 49.7 Å². The lowest BCUT2D eigenvalue weighted by molar-refractivity contribution is 0.0698. The Hall–Kier alpha value is -2.83. The molecule has 0 bridgehead atoms. The summed E-state index contributed by atoms with van der Waals surface area (Å²) in [5.41, 5.74) is 2.82. The highest BCUT2D eigenvalue weighted by Gasteiger charge is 2.15. The summed E-state index contributed by atoms with van der Waals surface area (Å²) in [6, 6.07) is 14.0. The van der Waals surface area contributed by atoms with Crippen LogP contribution in [0, 0.1) is 6.92 Å². The molecule has 8 heteroatoms. The van der Waals surface area contributed by atoms with Crippen molar-refractivity contribution in [3.8, 4) is 0 Å². The third-order valence-corrected chi connectivity index (χ3v) is 4.80. The smallest absolute Gasteiger partial charge is 0.336 e. The maximum absolute atomic E-state index is 12.5. The number of unbranched alkanes of at least 4 members (excludes halogenated alkanes) is 1. The Morgan fingerprint density at radius 1 is 1.10 bits per heavy atom. The van der Waals surface area contributed by atoms with Crippen molar-refractivity contribution in [1.29, 1.82) is 0 Å². The van der Waals surface area contributed by atoms with Gasteiger partial charge >= 0.3 is 5.97 Å². The van der Waals surface area contributed by atoms with Gasteiger partial charge in [-0.15, -0.1) is 24.8 Å². The van der Waals surface area contributed by atoms with Gasteiger partial charge in [-0.3, -0.25) is 4.79 Å².